The summed E-state index contributed by atoms with van der Waals surface area (Å²) in [5.74, 6) is 0.897. The summed E-state index contributed by atoms with van der Waals surface area (Å²) in [6.07, 6.45) is 0. The van der Waals surface area contributed by atoms with E-state index in [4.69, 9.17) is 11.6 Å². The molecule has 2 rings (SSSR count). The minimum absolute atomic E-state index is 0.183. The van der Waals surface area contributed by atoms with Crippen molar-refractivity contribution < 1.29 is 0 Å². The number of imidazole rings is 1. The summed E-state index contributed by atoms with van der Waals surface area (Å²) < 4.78 is 2.08. The molecule has 5 heteroatoms. The van der Waals surface area contributed by atoms with Crippen LogP contribution < -0.4 is 5.32 Å². The summed E-state index contributed by atoms with van der Waals surface area (Å²) in [5, 5.41) is 3.78. The molecule has 0 fully saturated rings. The van der Waals surface area contributed by atoms with Gasteiger partial charge in [0, 0.05) is 19.2 Å². The number of hydrogen-bond acceptors (Lipinski definition) is 3. The lowest BCUT2D eigenvalue weighted by atomic mass is 10.2. The van der Waals surface area contributed by atoms with Gasteiger partial charge in [-0.25, -0.2) is 4.98 Å². The molecule has 1 aromatic carbocycles. The van der Waals surface area contributed by atoms with E-state index in [1.165, 1.54) is 0 Å². The number of nitrogens with one attached hydrogen (secondary N) is 1. The monoisotopic (exact) mass is 292 g/mol. The first-order valence-electron chi connectivity index (χ1n) is 6.64. The van der Waals surface area contributed by atoms with Gasteiger partial charge >= 0.3 is 0 Å². The van der Waals surface area contributed by atoms with Crippen molar-refractivity contribution in [2.75, 3.05) is 27.7 Å². The molecular formula is C15H21ClN4. The first-order valence-corrected chi connectivity index (χ1v) is 7.02. The lowest BCUT2D eigenvalue weighted by molar-refractivity contribution is 0.284. The zero-order valence-corrected chi connectivity index (χ0v) is 13.1. The average Bonchev–Trinajstić information content (AvgIpc) is 2.72. The zero-order chi connectivity index (χ0) is 14.7. The normalized spacial score (nSPS) is 12.9. The van der Waals surface area contributed by atoms with Gasteiger partial charge < -0.3 is 9.88 Å². The van der Waals surface area contributed by atoms with Gasteiger partial charge in [0.25, 0.3) is 0 Å². The number of benzene rings is 1. The maximum Gasteiger partial charge on any atom is 0.152 e. The minimum Gasteiger partial charge on any atom is -0.328 e. The first-order chi connectivity index (χ1) is 9.56. The Kier molecular flexibility index (Phi) is 4.81. The van der Waals surface area contributed by atoms with Gasteiger partial charge in [0.2, 0.25) is 0 Å². The molecule has 1 atom stereocenters. The molecule has 1 N–H and O–H groups in total. The molecule has 1 unspecified atom stereocenters. The smallest absolute Gasteiger partial charge is 0.152 e. The van der Waals surface area contributed by atoms with E-state index in [2.05, 4.69) is 19.8 Å². The molecule has 0 aliphatic carbocycles. The number of rotatable bonds is 5. The molecule has 0 aliphatic rings. The summed E-state index contributed by atoms with van der Waals surface area (Å²) in [6.45, 7) is 0.820. The predicted molar refractivity (Wildman–Crippen MR) is 84.0 cm³/mol. The fourth-order valence-electron chi connectivity index (χ4n) is 2.40. The van der Waals surface area contributed by atoms with Gasteiger partial charge in [0.1, 0.15) is 5.82 Å². The molecule has 1 heterocycles. The van der Waals surface area contributed by atoms with E-state index in [0.29, 0.717) is 5.15 Å². The molecule has 0 spiro atoms. The standard InChI is InChI=1S/C15H21ClN4/c1-17-10-12(19(2)3)13-14(16)18-15(20(13)4)11-8-6-5-7-9-11/h5-9,12,17H,10H2,1-4H3. The molecular weight excluding hydrogens is 272 g/mol. The predicted octanol–water partition coefficient (Wildman–Crippen LogP) is 2.56. The quantitative estimate of drug-likeness (QED) is 0.919. The molecule has 0 radical (unpaired) electrons. The molecule has 0 amide bonds. The van der Waals surface area contributed by atoms with Crippen molar-refractivity contribution in [1.82, 2.24) is 19.8 Å². The zero-order valence-electron chi connectivity index (χ0n) is 12.4. The van der Waals surface area contributed by atoms with Crippen LogP contribution in [0, 0.1) is 0 Å². The van der Waals surface area contributed by atoms with Crippen LogP contribution in [0.5, 0.6) is 0 Å². The number of hydrogen-bond donors (Lipinski definition) is 1. The third-order valence-corrected chi connectivity index (χ3v) is 3.74. The maximum absolute atomic E-state index is 6.39. The van der Waals surface area contributed by atoms with E-state index in [9.17, 15) is 0 Å². The van der Waals surface area contributed by atoms with E-state index in [-0.39, 0.29) is 6.04 Å². The first kappa shape index (κ1) is 15.0. The lowest BCUT2D eigenvalue weighted by Gasteiger charge is -2.25. The Hall–Kier alpha value is -1.36. The minimum atomic E-state index is 0.183. The van der Waals surface area contributed by atoms with E-state index in [0.717, 1.165) is 23.6 Å². The number of halogens is 1. The van der Waals surface area contributed by atoms with Crippen molar-refractivity contribution in [2.24, 2.45) is 7.05 Å². The van der Waals surface area contributed by atoms with Crippen molar-refractivity contribution in [3.8, 4) is 11.4 Å². The maximum atomic E-state index is 6.39. The van der Waals surface area contributed by atoms with E-state index in [1.807, 2.05) is 58.5 Å². The van der Waals surface area contributed by atoms with Crippen molar-refractivity contribution in [3.63, 3.8) is 0 Å². The molecule has 20 heavy (non-hydrogen) atoms. The third-order valence-electron chi connectivity index (χ3n) is 3.46. The Balaban J connectivity index is 2.48. The van der Waals surface area contributed by atoms with Gasteiger partial charge in [-0.3, -0.25) is 4.90 Å². The molecule has 0 aliphatic heterocycles. The second-order valence-corrected chi connectivity index (χ2v) is 5.43. The van der Waals surface area contributed by atoms with Gasteiger partial charge in [0.05, 0.1) is 11.7 Å². The van der Waals surface area contributed by atoms with Crippen molar-refractivity contribution in [3.05, 3.63) is 41.2 Å². The molecule has 0 bridgehead atoms. The van der Waals surface area contributed by atoms with Crippen LogP contribution in [0.3, 0.4) is 0 Å². The summed E-state index contributed by atoms with van der Waals surface area (Å²) in [6, 6.07) is 10.3. The van der Waals surface area contributed by atoms with Gasteiger partial charge in [-0.15, -0.1) is 0 Å². The summed E-state index contributed by atoms with van der Waals surface area (Å²) in [5.41, 5.74) is 2.11. The SMILES string of the molecule is CNCC(c1c(Cl)nc(-c2ccccc2)n1C)N(C)C. The molecule has 0 saturated carbocycles. The van der Waals surface area contributed by atoms with Crippen LogP contribution in [-0.2, 0) is 7.05 Å². The third kappa shape index (κ3) is 2.87. The van der Waals surface area contributed by atoms with Crippen molar-refractivity contribution in [1.29, 1.82) is 0 Å². The molecule has 2 aromatic rings. The molecule has 108 valence electrons. The van der Waals surface area contributed by atoms with Gasteiger partial charge in [-0.05, 0) is 21.1 Å². The Bertz CT molecular complexity index is 563. The summed E-state index contributed by atoms with van der Waals surface area (Å²) in [7, 11) is 8.06. The van der Waals surface area contributed by atoms with Crippen molar-refractivity contribution in [2.45, 2.75) is 6.04 Å². The Morgan fingerprint density at radius 1 is 1.30 bits per heavy atom. The molecule has 1 aromatic heterocycles. The largest absolute Gasteiger partial charge is 0.328 e. The summed E-state index contributed by atoms with van der Waals surface area (Å²) in [4.78, 5) is 6.69. The Labute approximate surface area is 125 Å². The summed E-state index contributed by atoms with van der Waals surface area (Å²) >= 11 is 6.39. The Morgan fingerprint density at radius 3 is 2.50 bits per heavy atom. The van der Waals surface area contributed by atoms with Crippen LogP contribution in [0.4, 0.5) is 0 Å². The second-order valence-electron chi connectivity index (χ2n) is 5.07. The van der Waals surface area contributed by atoms with E-state index < -0.39 is 0 Å². The number of likely N-dealkylation sites (N-methyl/N-ethyl adjacent to an activating group) is 2. The lowest BCUT2D eigenvalue weighted by Crippen LogP contribution is -2.30. The highest BCUT2D eigenvalue weighted by atomic mass is 35.5. The average molecular weight is 293 g/mol. The van der Waals surface area contributed by atoms with Gasteiger partial charge in [-0.1, -0.05) is 41.9 Å². The van der Waals surface area contributed by atoms with Crippen LogP contribution in [-0.4, -0.2) is 42.1 Å². The van der Waals surface area contributed by atoms with E-state index >= 15 is 0 Å². The fraction of sp³-hybridized carbons (Fsp3) is 0.400. The van der Waals surface area contributed by atoms with Crippen LogP contribution >= 0.6 is 11.6 Å². The second kappa shape index (κ2) is 6.39. The highest BCUT2D eigenvalue weighted by Crippen LogP contribution is 2.30. The number of aromatic nitrogens is 2. The molecule has 4 nitrogen and oxygen atoms in total. The van der Waals surface area contributed by atoms with Crippen LogP contribution in [0.15, 0.2) is 30.3 Å². The van der Waals surface area contributed by atoms with E-state index in [1.54, 1.807) is 0 Å². The topological polar surface area (TPSA) is 33.1 Å². The van der Waals surface area contributed by atoms with Crippen molar-refractivity contribution >= 4 is 11.6 Å². The van der Waals surface area contributed by atoms with Crippen LogP contribution in [0.2, 0.25) is 5.15 Å². The van der Waals surface area contributed by atoms with Gasteiger partial charge in [-0.2, -0.15) is 0 Å². The Morgan fingerprint density at radius 2 is 1.95 bits per heavy atom. The highest BCUT2D eigenvalue weighted by molar-refractivity contribution is 6.30. The fourth-order valence-corrected chi connectivity index (χ4v) is 2.73. The highest BCUT2D eigenvalue weighted by Gasteiger charge is 2.23. The van der Waals surface area contributed by atoms with Crippen LogP contribution in [0.1, 0.15) is 11.7 Å². The van der Waals surface area contributed by atoms with Gasteiger partial charge in [0.15, 0.2) is 5.15 Å². The number of nitrogens with zero attached hydrogens (tertiary/aromatic N) is 3. The van der Waals surface area contributed by atoms with Crippen LogP contribution in [0.25, 0.3) is 11.4 Å². The molecule has 0 saturated heterocycles.